The number of nitrogens with one attached hydrogen (secondary N) is 1. The molecule has 0 aliphatic heterocycles. The number of ether oxygens (including phenoxy) is 1. The van der Waals surface area contributed by atoms with Gasteiger partial charge < -0.3 is 10.1 Å². The van der Waals surface area contributed by atoms with Crippen LogP contribution in [0.5, 0.6) is 0 Å². The Bertz CT molecular complexity index is 514. The quantitative estimate of drug-likeness (QED) is 0.771. The van der Waals surface area contributed by atoms with E-state index in [2.05, 4.69) is 5.32 Å². The lowest BCUT2D eigenvalue weighted by Gasteiger charge is -2.17. The molecule has 0 radical (unpaired) electrons. The lowest BCUT2D eigenvalue weighted by molar-refractivity contribution is 0.174. The maximum atomic E-state index is 13.5. The van der Waals surface area contributed by atoms with Gasteiger partial charge in [0.25, 0.3) is 0 Å². The molecule has 1 N–H and O–H groups in total. The molecule has 0 fully saturated rings. The molecule has 1 rings (SSSR count). The average Bonchev–Trinajstić information content (AvgIpc) is 2.28. The van der Waals surface area contributed by atoms with Crippen molar-refractivity contribution in [3.8, 4) is 0 Å². The van der Waals surface area contributed by atoms with E-state index in [1.807, 2.05) is 6.92 Å². The summed E-state index contributed by atoms with van der Waals surface area (Å²) >= 11 is 0. The van der Waals surface area contributed by atoms with Crippen LogP contribution in [0.4, 0.5) is 8.78 Å². The molecule has 0 aliphatic rings. The van der Waals surface area contributed by atoms with Crippen molar-refractivity contribution in [2.75, 3.05) is 26.0 Å². The second-order valence-electron chi connectivity index (χ2n) is 4.07. The van der Waals surface area contributed by atoms with Crippen molar-refractivity contribution in [3.05, 3.63) is 29.8 Å². The molecule has 0 saturated carbocycles. The highest BCUT2D eigenvalue weighted by molar-refractivity contribution is 7.91. The van der Waals surface area contributed by atoms with Crippen molar-refractivity contribution in [1.82, 2.24) is 5.32 Å². The van der Waals surface area contributed by atoms with Gasteiger partial charge in [0.15, 0.2) is 9.84 Å². The zero-order valence-corrected chi connectivity index (χ0v) is 11.6. The van der Waals surface area contributed by atoms with E-state index in [9.17, 15) is 17.2 Å². The maximum Gasteiger partial charge on any atom is 0.182 e. The molecule has 0 aliphatic carbocycles. The van der Waals surface area contributed by atoms with E-state index in [0.29, 0.717) is 12.6 Å². The minimum absolute atomic E-state index is 0.190. The largest absolute Gasteiger partial charge is 0.383 e. The molecule has 1 aromatic rings. The molecule has 0 amide bonds. The van der Waals surface area contributed by atoms with Crippen molar-refractivity contribution in [3.63, 3.8) is 0 Å². The van der Waals surface area contributed by atoms with Gasteiger partial charge in [0, 0.05) is 19.2 Å². The van der Waals surface area contributed by atoms with Gasteiger partial charge >= 0.3 is 0 Å². The minimum atomic E-state index is -3.84. The molecule has 108 valence electrons. The molecule has 0 saturated heterocycles. The summed E-state index contributed by atoms with van der Waals surface area (Å²) in [5.74, 6) is -2.19. The van der Waals surface area contributed by atoms with Crippen molar-refractivity contribution < 1.29 is 21.9 Å². The highest BCUT2D eigenvalue weighted by atomic mass is 32.2. The molecule has 0 spiro atoms. The third-order valence-electron chi connectivity index (χ3n) is 2.51. The second kappa shape index (κ2) is 6.93. The van der Waals surface area contributed by atoms with E-state index in [-0.39, 0.29) is 12.4 Å². The summed E-state index contributed by atoms with van der Waals surface area (Å²) in [6.45, 7) is 2.58. The molecule has 1 unspecified atom stereocenters. The zero-order valence-electron chi connectivity index (χ0n) is 10.8. The smallest absolute Gasteiger partial charge is 0.182 e. The molecule has 7 heteroatoms. The van der Waals surface area contributed by atoms with Crippen molar-refractivity contribution in [2.24, 2.45) is 0 Å². The highest BCUT2D eigenvalue weighted by Crippen LogP contribution is 2.17. The zero-order chi connectivity index (χ0) is 14.5. The van der Waals surface area contributed by atoms with Crippen LogP contribution in [0.3, 0.4) is 0 Å². The Kier molecular flexibility index (Phi) is 5.84. The van der Waals surface area contributed by atoms with Crippen molar-refractivity contribution in [1.29, 1.82) is 0 Å². The van der Waals surface area contributed by atoms with E-state index in [1.54, 1.807) is 0 Å². The first-order valence-electron chi connectivity index (χ1n) is 5.80. The lowest BCUT2D eigenvalue weighted by atomic mass is 10.3. The summed E-state index contributed by atoms with van der Waals surface area (Å²) < 4.78 is 55.3. The van der Waals surface area contributed by atoms with Crippen LogP contribution < -0.4 is 5.32 Å². The second-order valence-corrected chi connectivity index (χ2v) is 6.07. The molecule has 0 heterocycles. The number of hydrogen-bond acceptors (Lipinski definition) is 4. The predicted octanol–water partition coefficient (Wildman–Crippen LogP) is 1.36. The fraction of sp³-hybridized carbons (Fsp3) is 0.500. The van der Waals surface area contributed by atoms with Crippen LogP contribution in [0.2, 0.25) is 0 Å². The van der Waals surface area contributed by atoms with Gasteiger partial charge in [0.05, 0.1) is 12.4 Å². The first-order chi connectivity index (χ1) is 8.90. The Morgan fingerprint density at radius 3 is 2.58 bits per heavy atom. The minimum Gasteiger partial charge on any atom is -0.383 e. The maximum absolute atomic E-state index is 13.5. The van der Waals surface area contributed by atoms with Gasteiger partial charge in [-0.1, -0.05) is 6.92 Å². The normalized spacial score (nSPS) is 13.5. The van der Waals surface area contributed by atoms with Crippen LogP contribution in [-0.2, 0) is 14.6 Å². The first kappa shape index (κ1) is 16.0. The summed E-state index contributed by atoms with van der Waals surface area (Å²) in [6.07, 6.45) is 0. The Morgan fingerprint density at radius 1 is 1.37 bits per heavy atom. The number of rotatable bonds is 7. The van der Waals surface area contributed by atoms with Gasteiger partial charge in [0.2, 0.25) is 0 Å². The number of halogens is 2. The van der Waals surface area contributed by atoms with Gasteiger partial charge in [-0.3, -0.25) is 0 Å². The summed E-state index contributed by atoms with van der Waals surface area (Å²) in [5, 5.41) is 2.94. The molecule has 1 atom stereocenters. The molecule has 19 heavy (non-hydrogen) atoms. The molecule has 0 aromatic heterocycles. The number of likely N-dealkylation sites (N-methyl/N-ethyl adjacent to an activating group) is 1. The average molecular weight is 293 g/mol. The Morgan fingerprint density at radius 2 is 2.05 bits per heavy atom. The van der Waals surface area contributed by atoms with E-state index < -0.39 is 32.4 Å². The standard InChI is InChI=1S/C12H17F2NO3S/c1-3-15-10(7-18-2)8-19(16,17)12-5-4-9(13)6-11(12)14/h4-6,10,15H,3,7-8H2,1-2H3. The molecular formula is C12H17F2NO3S. The highest BCUT2D eigenvalue weighted by Gasteiger charge is 2.24. The number of hydrogen-bond donors (Lipinski definition) is 1. The Hall–Kier alpha value is -1.05. The Labute approximate surface area is 111 Å². The molecule has 4 nitrogen and oxygen atoms in total. The van der Waals surface area contributed by atoms with Gasteiger partial charge in [-0.2, -0.15) is 0 Å². The van der Waals surface area contributed by atoms with Gasteiger partial charge in [-0.15, -0.1) is 0 Å². The van der Waals surface area contributed by atoms with Crippen LogP contribution in [0.25, 0.3) is 0 Å². The fourth-order valence-corrected chi connectivity index (χ4v) is 3.29. The molecule has 1 aromatic carbocycles. The van der Waals surface area contributed by atoms with E-state index >= 15 is 0 Å². The van der Waals surface area contributed by atoms with Crippen LogP contribution in [-0.4, -0.2) is 40.5 Å². The summed E-state index contributed by atoms with van der Waals surface area (Å²) in [7, 11) is -2.38. The van der Waals surface area contributed by atoms with Crippen LogP contribution in [0, 0.1) is 11.6 Å². The summed E-state index contributed by atoms with van der Waals surface area (Å²) in [6, 6.07) is 1.99. The van der Waals surface area contributed by atoms with Gasteiger partial charge in [0.1, 0.15) is 16.5 Å². The summed E-state index contributed by atoms with van der Waals surface area (Å²) in [4.78, 5) is -0.493. The predicted molar refractivity (Wildman–Crippen MR) is 67.8 cm³/mol. The van der Waals surface area contributed by atoms with Crippen LogP contribution >= 0.6 is 0 Å². The SMILES string of the molecule is CCNC(COC)CS(=O)(=O)c1ccc(F)cc1F. The van der Waals surface area contributed by atoms with E-state index in [4.69, 9.17) is 4.74 Å². The van der Waals surface area contributed by atoms with Crippen molar-refractivity contribution >= 4 is 9.84 Å². The number of benzene rings is 1. The van der Waals surface area contributed by atoms with Gasteiger partial charge in [-0.25, -0.2) is 17.2 Å². The molecule has 0 bridgehead atoms. The van der Waals surface area contributed by atoms with E-state index in [1.165, 1.54) is 7.11 Å². The molecular weight excluding hydrogens is 276 g/mol. The third-order valence-corrected chi connectivity index (χ3v) is 4.35. The lowest BCUT2D eigenvalue weighted by Crippen LogP contribution is -2.39. The van der Waals surface area contributed by atoms with Crippen LogP contribution in [0.15, 0.2) is 23.1 Å². The number of sulfone groups is 1. The fourth-order valence-electron chi connectivity index (χ4n) is 1.74. The summed E-state index contributed by atoms with van der Waals surface area (Å²) in [5.41, 5.74) is 0. The van der Waals surface area contributed by atoms with Crippen molar-refractivity contribution in [2.45, 2.75) is 17.9 Å². The van der Waals surface area contributed by atoms with Crippen LogP contribution in [0.1, 0.15) is 6.92 Å². The monoisotopic (exact) mass is 293 g/mol. The third kappa shape index (κ3) is 4.52. The van der Waals surface area contributed by atoms with E-state index in [0.717, 1.165) is 12.1 Å². The Balaban J connectivity index is 2.96. The van der Waals surface area contributed by atoms with Gasteiger partial charge in [-0.05, 0) is 18.7 Å². The number of methoxy groups -OCH3 is 1. The first-order valence-corrected chi connectivity index (χ1v) is 7.46. The topological polar surface area (TPSA) is 55.4 Å².